The Morgan fingerprint density at radius 1 is 0.955 bits per heavy atom. The number of hydrogen-bond donors (Lipinski definition) is 2. The van der Waals surface area contributed by atoms with Crippen LogP contribution in [0.3, 0.4) is 0 Å². The highest BCUT2D eigenvalue weighted by atomic mass is 15.2. The lowest BCUT2D eigenvalue weighted by atomic mass is 10.1. The molecule has 0 spiro atoms. The zero-order valence-electron chi connectivity index (χ0n) is 14.7. The zero-order valence-corrected chi connectivity index (χ0v) is 14.7. The molecule has 4 heteroatoms. The third-order valence-corrected chi connectivity index (χ3v) is 3.63. The van der Waals surface area contributed by atoms with Crippen LogP contribution in [0, 0.1) is 0 Å². The Bertz CT molecular complexity index is 421. The predicted molar refractivity (Wildman–Crippen MR) is 96.2 cm³/mol. The second kappa shape index (κ2) is 11.1. The van der Waals surface area contributed by atoms with Crippen LogP contribution in [0.4, 0.5) is 0 Å². The van der Waals surface area contributed by atoms with Gasteiger partial charge in [0, 0.05) is 19.6 Å². The topological polar surface area (TPSA) is 39.7 Å². The molecule has 124 valence electrons. The van der Waals surface area contributed by atoms with E-state index in [2.05, 4.69) is 72.5 Å². The van der Waals surface area contributed by atoms with Crippen molar-refractivity contribution in [2.75, 3.05) is 26.2 Å². The highest BCUT2D eigenvalue weighted by Crippen LogP contribution is 2.08. The Balaban J connectivity index is 2.58. The van der Waals surface area contributed by atoms with Gasteiger partial charge in [-0.15, -0.1) is 0 Å². The Morgan fingerprint density at radius 3 is 2.14 bits per heavy atom. The number of nitrogens with one attached hydrogen (secondary N) is 2. The van der Waals surface area contributed by atoms with E-state index in [4.69, 9.17) is 0 Å². The molecule has 0 aliphatic carbocycles. The summed E-state index contributed by atoms with van der Waals surface area (Å²) in [5, 5.41) is 6.60. The molecule has 0 fully saturated rings. The second-order valence-electron chi connectivity index (χ2n) is 5.40. The fourth-order valence-corrected chi connectivity index (χ4v) is 2.21. The number of nitrogens with zero attached hydrogens (tertiary/aromatic N) is 2. The van der Waals surface area contributed by atoms with Gasteiger partial charge in [-0.1, -0.05) is 45.0 Å². The van der Waals surface area contributed by atoms with Crippen molar-refractivity contribution in [1.29, 1.82) is 0 Å². The molecule has 0 radical (unpaired) electrons. The summed E-state index contributed by atoms with van der Waals surface area (Å²) in [6.45, 7) is 14.4. The summed E-state index contributed by atoms with van der Waals surface area (Å²) < 4.78 is 0. The van der Waals surface area contributed by atoms with Crippen molar-refractivity contribution in [3.05, 3.63) is 35.4 Å². The lowest BCUT2D eigenvalue weighted by Crippen LogP contribution is -2.37. The van der Waals surface area contributed by atoms with Gasteiger partial charge in [0.2, 0.25) is 0 Å². The smallest absolute Gasteiger partial charge is 0.191 e. The minimum Gasteiger partial charge on any atom is -0.357 e. The molecule has 22 heavy (non-hydrogen) atoms. The van der Waals surface area contributed by atoms with Gasteiger partial charge in [-0.3, -0.25) is 4.90 Å². The Morgan fingerprint density at radius 2 is 1.59 bits per heavy atom. The molecule has 0 saturated heterocycles. The second-order valence-corrected chi connectivity index (χ2v) is 5.40. The molecule has 0 bridgehead atoms. The summed E-state index contributed by atoms with van der Waals surface area (Å²) in [4.78, 5) is 7.05. The van der Waals surface area contributed by atoms with E-state index >= 15 is 0 Å². The van der Waals surface area contributed by atoms with Gasteiger partial charge in [0.1, 0.15) is 0 Å². The highest BCUT2D eigenvalue weighted by Gasteiger charge is 2.01. The molecular weight excluding hydrogens is 272 g/mol. The zero-order chi connectivity index (χ0) is 16.2. The van der Waals surface area contributed by atoms with Crippen molar-refractivity contribution in [1.82, 2.24) is 15.5 Å². The largest absolute Gasteiger partial charge is 0.357 e. The third kappa shape index (κ3) is 6.94. The molecule has 4 nitrogen and oxygen atoms in total. The van der Waals surface area contributed by atoms with E-state index < -0.39 is 0 Å². The molecule has 0 heterocycles. The summed E-state index contributed by atoms with van der Waals surface area (Å²) in [7, 11) is 0. The van der Waals surface area contributed by atoms with E-state index in [0.717, 1.165) is 45.1 Å². The SMILES string of the molecule is CCCNC(=NCc1ccc(CN(CC)CC)cc1)NCC. The van der Waals surface area contributed by atoms with Crippen molar-refractivity contribution >= 4 is 5.96 Å². The minimum absolute atomic E-state index is 0.713. The summed E-state index contributed by atoms with van der Waals surface area (Å²) in [6, 6.07) is 8.81. The molecule has 0 atom stereocenters. The van der Waals surface area contributed by atoms with Crippen LogP contribution in [0.15, 0.2) is 29.3 Å². The summed E-state index contributed by atoms with van der Waals surface area (Å²) in [5.41, 5.74) is 2.62. The molecule has 0 aliphatic rings. The van der Waals surface area contributed by atoms with Crippen LogP contribution in [0.25, 0.3) is 0 Å². The minimum atomic E-state index is 0.713. The Labute approximate surface area is 136 Å². The molecule has 0 unspecified atom stereocenters. The summed E-state index contributed by atoms with van der Waals surface area (Å²) in [6.07, 6.45) is 1.10. The molecule has 0 aliphatic heterocycles. The number of guanidine groups is 1. The van der Waals surface area contributed by atoms with Crippen molar-refractivity contribution in [3.63, 3.8) is 0 Å². The maximum absolute atomic E-state index is 4.63. The van der Waals surface area contributed by atoms with Crippen LogP contribution in [0.1, 0.15) is 45.2 Å². The average Bonchev–Trinajstić information content (AvgIpc) is 2.56. The van der Waals surface area contributed by atoms with Crippen LogP contribution < -0.4 is 10.6 Å². The van der Waals surface area contributed by atoms with E-state index in [0.29, 0.717) is 6.54 Å². The van der Waals surface area contributed by atoms with E-state index in [1.165, 1.54) is 11.1 Å². The molecule has 2 N–H and O–H groups in total. The first-order valence-corrected chi connectivity index (χ1v) is 8.55. The number of benzene rings is 1. The van der Waals surface area contributed by atoms with E-state index in [9.17, 15) is 0 Å². The van der Waals surface area contributed by atoms with Crippen LogP contribution in [-0.2, 0) is 13.1 Å². The fraction of sp³-hybridized carbons (Fsp3) is 0.611. The third-order valence-electron chi connectivity index (χ3n) is 3.63. The van der Waals surface area contributed by atoms with Gasteiger partial charge < -0.3 is 10.6 Å². The normalized spacial score (nSPS) is 11.8. The van der Waals surface area contributed by atoms with Crippen molar-refractivity contribution in [2.24, 2.45) is 4.99 Å². The summed E-state index contributed by atoms with van der Waals surface area (Å²) >= 11 is 0. The standard InChI is InChI=1S/C18H32N4/c1-5-13-20-18(19-6-2)21-14-16-9-11-17(12-10-16)15-22(7-3)8-4/h9-12H,5-8,13-15H2,1-4H3,(H2,19,20,21). The van der Waals surface area contributed by atoms with Gasteiger partial charge in [0.15, 0.2) is 5.96 Å². The van der Waals surface area contributed by atoms with Crippen molar-refractivity contribution < 1.29 is 0 Å². The van der Waals surface area contributed by atoms with E-state index in [1.807, 2.05) is 0 Å². The number of rotatable bonds is 9. The van der Waals surface area contributed by atoms with Crippen LogP contribution in [0.5, 0.6) is 0 Å². The number of hydrogen-bond acceptors (Lipinski definition) is 2. The van der Waals surface area contributed by atoms with E-state index in [-0.39, 0.29) is 0 Å². The first kappa shape index (κ1) is 18.5. The quantitative estimate of drug-likeness (QED) is 0.544. The van der Waals surface area contributed by atoms with Gasteiger partial charge in [-0.05, 0) is 37.6 Å². The monoisotopic (exact) mass is 304 g/mol. The Hall–Kier alpha value is -1.55. The molecule has 1 aromatic rings. The lowest BCUT2D eigenvalue weighted by molar-refractivity contribution is 0.296. The molecular formula is C18H32N4. The van der Waals surface area contributed by atoms with Gasteiger partial charge in [0.25, 0.3) is 0 Å². The molecule has 0 saturated carbocycles. The predicted octanol–water partition coefficient (Wildman–Crippen LogP) is 2.99. The first-order valence-electron chi connectivity index (χ1n) is 8.55. The molecule has 1 aromatic carbocycles. The van der Waals surface area contributed by atoms with Gasteiger partial charge in [-0.2, -0.15) is 0 Å². The maximum atomic E-state index is 4.63. The van der Waals surface area contributed by atoms with Gasteiger partial charge in [-0.25, -0.2) is 4.99 Å². The number of aliphatic imine (C=N–C) groups is 1. The average molecular weight is 304 g/mol. The highest BCUT2D eigenvalue weighted by molar-refractivity contribution is 5.79. The first-order chi connectivity index (χ1) is 10.7. The van der Waals surface area contributed by atoms with Crippen molar-refractivity contribution in [3.8, 4) is 0 Å². The van der Waals surface area contributed by atoms with Crippen LogP contribution >= 0.6 is 0 Å². The van der Waals surface area contributed by atoms with E-state index in [1.54, 1.807) is 0 Å². The molecule has 1 rings (SSSR count). The Kier molecular flexibility index (Phi) is 9.31. The van der Waals surface area contributed by atoms with Crippen LogP contribution in [0.2, 0.25) is 0 Å². The summed E-state index contributed by atoms with van der Waals surface area (Å²) in [5.74, 6) is 0.900. The van der Waals surface area contributed by atoms with Gasteiger partial charge >= 0.3 is 0 Å². The fourth-order valence-electron chi connectivity index (χ4n) is 2.21. The van der Waals surface area contributed by atoms with Gasteiger partial charge in [0.05, 0.1) is 6.54 Å². The van der Waals surface area contributed by atoms with Crippen LogP contribution in [-0.4, -0.2) is 37.0 Å². The molecule has 0 aromatic heterocycles. The molecule has 0 amide bonds. The lowest BCUT2D eigenvalue weighted by Gasteiger charge is -2.18. The van der Waals surface area contributed by atoms with Crippen molar-refractivity contribution in [2.45, 2.75) is 47.2 Å². The maximum Gasteiger partial charge on any atom is 0.191 e.